The molecule has 2 aliphatic rings. The Morgan fingerprint density at radius 1 is 1.15 bits per heavy atom. The van der Waals surface area contributed by atoms with Gasteiger partial charge in [0.2, 0.25) is 0 Å². The van der Waals surface area contributed by atoms with E-state index in [1.165, 1.54) is 12.1 Å². The average Bonchev–Trinajstić information content (AvgIpc) is 2.75. The minimum Gasteiger partial charge on any atom is -0.366 e. The maximum atomic E-state index is 12.6. The highest BCUT2D eigenvalue weighted by Gasteiger charge is 2.47. The van der Waals surface area contributed by atoms with Gasteiger partial charge in [-0.1, -0.05) is 0 Å². The second-order valence-electron chi connectivity index (χ2n) is 3.59. The van der Waals surface area contributed by atoms with Crippen LogP contribution in [0.3, 0.4) is 0 Å². The van der Waals surface area contributed by atoms with Gasteiger partial charge in [-0.05, 0) is 24.3 Å². The van der Waals surface area contributed by atoms with Crippen molar-refractivity contribution in [2.75, 3.05) is 18.0 Å². The van der Waals surface area contributed by atoms with Crippen molar-refractivity contribution in [3.8, 4) is 0 Å². The molecule has 13 heavy (non-hydrogen) atoms. The SMILES string of the molecule is Fc1ccc(N2CC3OC3C2)cc1. The molecule has 2 saturated heterocycles. The molecule has 3 heteroatoms. The van der Waals surface area contributed by atoms with Crippen molar-refractivity contribution in [2.45, 2.75) is 12.2 Å². The lowest BCUT2D eigenvalue weighted by Gasteiger charge is -2.19. The molecule has 0 amide bonds. The number of ether oxygens (including phenoxy) is 1. The van der Waals surface area contributed by atoms with Gasteiger partial charge in [-0.15, -0.1) is 0 Å². The van der Waals surface area contributed by atoms with Gasteiger partial charge in [-0.25, -0.2) is 4.39 Å². The molecular weight excluding hydrogens is 169 g/mol. The van der Waals surface area contributed by atoms with Gasteiger partial charge in [0.05, 0.1) is 0 Å². The van der Waals surface area contributed by atoms with Crippen molar-refractivity contribution in [3.63, 3.8) is 0 Å². The van der Waals surface area contributed by atoms with Crippen LogP contribution in [0.25, 0.3) is 0 Å². The third-order valence-corrected chi connectivity index (χ3v) is 2.68. The predicted octanol–water partition coefficient (Wildman–Crippen LogP) is 1.41. The summed E-state index contributed by atoms with van der Waals surface area (Å²) in [6.45, 7) is 1.91. The topological polar surface area (TPSA) is 15.8 Å². The molecule has 2 aliphatic heterocycles. The number of nitrogens with zero attached hydrogens (tertiary/aromatic N) is 1. The van der Waals surface area contributed by atoms with Gasteiger partial charge in [0, 0.05) is 18.8 Å². The first-order valence-electron chi connectivity index (χ1n) is 4.49. The number of morpholine rings is 1. The normalized spacial score (nSPS) is 30.4. The largest absolute Gasteiger partial charge is 0.366 e. The van der Waals surface area contributed by atoms with Crippen molar-refractivity contribution in [2.24, 2.45) is 0 Å². The van der Waals surface area contributed by atoms with Crippen molar-refractivity contribution in [3.05, 3.63) is 30.1 Å². The third-order valence-electron chi connectivity index (χ3n) is 2.68. The molecule has 2 atom stereocenters. The summed E-state index contributed by atoms with van der Waals surface area (Å²) in [4.78, 5) is 2.23. The molecule has 3 rings (SSSR count). The summed E-state index contributed by atoms with van der Waals surface area (Å²) in [6.07, 6.45) is 0.870. The highest BCUT2D eigenvalue weighted by molar-refractivity contribution is 5.48. The summed E-state index contributed by atoms with van der Waals surface area (Å²) in [5, 5.41) is 0. The zero-order valence-corrected chi connectivity index (χ0v) is 7.11. The third kappa shape index (κ3) is 1.20. The van der Waals surface area contributed by atoms with E-state index in [9.17, 15) is 4.39 Å². The number of rotatable bonds is 1. The van der Waals surface area contributed by atoms with Gasteiger partial charge < -0.3 is 9.64 Å². The molecule has 2 fully saturated rings. The Balaban J connectivity index is 1.81. The quantitative estimate of drug-likeness (QED) is 0.606. The standard InChI is InChI=1S/C10H10FNO/c11-7-1-3-8(4-2-7)12-5-9-10(6-12)13-9/h1-4,9-10H,5-6H2. The Bertz CT molecular complexity index is 314. The smallest absolute Gasteiger partial charge is 0.123 e. The van der Waals surface area contributed by atoms with E-state index in [0.717, 1.165) is 18.8 Å². The number of epoxide rings is 1. The second-order valence-corrected chi connectivity index (χ2v) is 3.59. The zero-order chi connectivity index (χ0) is 8.84. The molecule has 0 spiro atoms. The number of fused-ring (bicyclic) bond motifs is 1. The predicted molar refractivity (Wildman–Crippen MR) is 47.3 cm³/mol. The Kier molecular flexibility index (Phi) is 1.38. The van der Waals surface area contributed by atoms with Crippen molar-refractivity contribution in [1.29, 1.82) is 0 Å². The number of benzene rings is 1. The molecule has 0 aliphatic carbocycles. The Morgan fingerprint density at radius 2 is 1.77 bits per heavy atom. The molecule has 1 aromatic rings. The van der Waals surface area contributed by atoms with E-state index in [0.29, 0.717) is 12.2 Å². The van der Waals surface area contributed by atoms with Gasteiger partial charge in [-0.2, -0.15) is 0 Å². The fourth-order valence-electron chi connectivity index (χ4n) is 1.87. The average molecular weight is 179 g/mol. The van der Waals surface area contributed by atoms with Gasteiger partial charge >= 0.3 is 0 Å². The monoisotopic (exact) mass is 179 g/mol. The van der Waals surface area contributed by atoms with Crippen LogP contribution in [-0.2, 0) is 4.74 Å². The van der Waals surface area contributed by atoms with Gasteiger partial charge in [0.15, 0.2) is 0 Å². The van der Waals surface area contributed by atoms with E-state index in [2.05, 4.69) is 4.90 Å². The van der Waals surface area contributed by atoms with Crippen molar-refractivity contribution < 1.29 is 9.13 Å². The molecule has 0 bridgehead atoms. The molecule has 2 heterocycles. The van der Waals surface area contributed by atoms with Crippen LogP contribution < -0.4 is 4.90 Å². The highest BCUT2D eigenvalue weighted by Crippen LogP contribution is 2.33. The summed E-state index contributed by atoms with van der Waals surface area (Å²) in [7, 11) is 0. The summed E-state index contributed by atoms with van der Waals surface area (Å²) < 4.78 is 17.9. The molecule has 2 unspecified atom stereocenters. The van der Waals surface area contributed by atoms with E-state index in [1.807, 2.05) is 12.1 Å². The molecule has 2 nitrogen and oxygen atoms in total. The molecule has 68 valence electrons. The van der Waals surface area contributed by atoms with E-state index in [-0.39, 0.29) is 5.82 Å². The lowest BCUT2D eigenvalue weighted by atomic mass is 10.3. The van der Waals surface area contributed by atoms with Crippen molar-refractivity contribution in [1.82, 2.24) is 0 Å². The first kappa shape index (κ1) is 7.33. The van der Waals surface area contributed by atoms with E-state index >= 15 is 0 Å². The van der Waals surface area contributed by atoms with Gasteiger partial charge in [0.25, 0.3) is 0 Å². The number of hydrogen-bond acceptors (Lipinski definition) is 2. The molecular formula is C10H10FNO. The molecule has 1 aromatic carbocycles. The van der Waals surface area contributed by atoms with Crippen LogP contribution in [0.2, 0.25) is 0 Å². The van der Waals surface area contributed by atoms with Crippen LogP contribution in [-0.4, -0.2) is 25.3 Å². The fourth-order valence-corrected chi connectivity index (χ4v) is 1.87. The van der Waals surface area contributed by atoms with Crippen molar-refractivity contribution >= 4 is 5.69 Å². The Labute approximate surface area is 75.9 Å². The first-order chi connectivity index (χ1) is 6.33. The van der Waals surface area contributed by atoms with Gasteiger partial charge in [-0.3, -0.25) is 0 Å². The maximum Gasteiger partial charge on any atom is 0.123 e. The molecule has 0 aromatic heterocycles. The summed E-state index contributed by atoms with van der Waals surface area (Å²) in [5.41, 5.74) is 1.09. The van der Waals surface area contributed by atoms with Crippen LogP contribution in [0.5, 0.6) is 0 Å². The molecule has 0 saturated carbocycles. The van der Waals surface area contributed by atoms with Crippen LogP contribution in [0.1, 0.15) is 0 Å². The van der Waals surface area contributed by atoms with Crippen LogP contribution in [0, 0.1) is 5.82 Å². The molecule has 0 N–H and O–H groups in total. The summed E-state index contributed by atoms with van der Waals surface area (Å²) >= 11 is 0. The maximum absolute atomic E-state index is 12.6. The Hall–Kier alpha value is -1.09. The van der Waals surface area contributed by atoms with Crippen LogP contribution >= 0.6 is 0 Å². The first-order valence-corrected chi connectivity index (χ1v) is 4.49. The highest BCUT2D eigenvalue weighted by atomic mass is 19.1. The van der Waals surface area contributed by atoms with Crippen LogP contribution in [0.15, 0.2) is 24.3 Å². The van der Waals surface area contributed by atoms with Crippen LogP contribution in [0.4, 0.5) is 10.1 Å². The van der Waals surface area contributed by atoms with Gasteiger partial charge in [0.1, 0.15) is 18.0 Å². The summed E-state index contributed by atoms with van der Waals surface area (Å²) in [5.74, 6) is -0.177. The zero-order valence-electron chi connectivity index (χ0n) is 7.11. The van der Waals surface area contributed by atoms with E-state index < -0.39 is 0 Å². The number of anilines is 1. The minimum atomic E-state index is -0.177. The lowest BCUT2D eigenvalue weighted by molar-refractivity contribution is 0.347. The van der Waals surface area contributed by atoms with E-state index in [4.69, 9.17) is 4.74 Å². The second kappa shape index (κ2) is 2.45. The van der Waals surface area contributed by atoms with E-state index in [1.54, 1.807) is 0 Å². The lowest BCUT2D eigenvalue weighted by Crippen LogP contribution is -2.23. The molecule has 0 radical (unpaired) electrons. The minimum absolute atomic E-state index is 0.177. The summed E-state index contributed by atoms with van der Waals surface area (Å²) in [6, 6.07) is 6.64. The number of hydrogen-bond donors (Lipinski definition) is 0. The Morgan fingerprint density at radius 3 is 2.38 bits per heavy atom. The fraction of sp³-hybridized carbons (Fsp3) is 0.400. The number of halogens is 1.